The predicted octanol–water partition coefficient (Wildman–Crippen LogP) is 4.81. The van der Waals surface area contributed by atoms with Gasteiger partial charge in [0.05, 0.1) is 18.3 Å². The maximum atomic E-state index is 11.6. The van der Waals surface area contributed by atoms with Crippen LogP contribution in [0.3, 0.4) is 0 Å². The normalized spacial score (nSPS) is 10.9. The number of hydrogen-bond acceptors (Lipinski definition) is 3. The minimum atomic E-state index is -0.0974. The van der Waals surface area contributed by atoms with E-state index in [0.717, 1.165) is 12.8 Å². The van der Waals surface area contributed by atoms with Crippen molar-refractivity contribution in [1.29, 1.82) is 0 Å². The number of unbranched alkanes of at least 4 members (excludes halogenated alkanes) is 4. The van der Waals surface area contributed by atoms with Crippen LogP contribution in [0.15, 0.2) is 17.2 Å². The molecule has 6 heteroatoms. The molecule has 0 heterocycles. The second kappa shape index (κ2) is 10.5. The van der Waals surface area contributed by atoms with Gasteiger partial charge in [-0.3, -0.25) is 4.79 Å². The Morgan fingerprint density at radius 2 is 2.00 bits per heavy atom. The van der Waals surface area contributed by atoms with Crippen molar-refractivity contribution in [2.75, 3.05) is 7.11 Å². The fourth-order valence-corrected chi connectivity index (χ4v) is 2.60. The number of nitrogens with one attached hydrogen (secondary N) is 1. The molecule has 1 rings (SSSR count). The van der Waals surface area contributed by atoms with Crippen molar-refractivity contribution in [1.82, 2.24) is 5.43 Å². The minimum absolute atomic E-state index is 0.0974. The number of ether oxygens (including phenoxy) is 1. The third kappa shape index (κ3) is 6.67. The van der Waals surface area contributed by atoms with E-state index in [1.165, 1.54) is 32.6 Å². The lowest BCUT2D eigenvalue weighted by Gasteiger charge is -2.07. The summed E-state index contributed by atoms with van der Waals surface area (Å²) in [5.41, 5.74) is 3.12. The van der Waals surface area contributed by atoms with E-state index in [0.29, 0.717) is 27.8 Å². The van der Waals surface area contributed by atoms with Gasteiger partial charge < -0.3 is 4.74 Å². The molecule has 0 saturated heterocycles. The molecule has 0 spiro atoms. The van der Waals surface area contributed by atoms with Crippen LogP contribution < -0.4 is 10.2 Å². The number of hydrazone groups is 1. The van der Waals surface area contributed by atoms with Crippen LogP contribution in [0.25, 0.3) is 0 Å². The molecule has 0 aliphatic rings. The maximum Gasteiger partial charge on any atom is 0.240 e. The van der Waals surface area contributed by atoms with E-state index >= 15 is 0 Å². The van der Waals surface area contributed by atoms with E-state index in [2.05, 4.69) is 17.5 Å². The van der Waals surface area contributed by atoms with E-state index in [4.69, 9.17) is 27.9 Å². The zero-order chi connectivity index (χ0) is 16.4. The molecule has 0 atom stereocenters. The van der Waals surface area contributed by atoms with E-state index in [-0.39, 0.29) is 5.91 Å². The summed E-state index contributed by atoms with van der Waals surface area (Å²) in [5.74, 6) is 0.378. The first-order valence-electron chi connectivity index (χ1n) is 7.43. The molecule has 0 unspecified atom stereocenters. The highest BCUT2D eigenvalue weighted by Gasteiger charge is 2.08. The second-order valence-corrected chi connectivity index (χ2v) is 5.81. The Balaban J connectivity index is 2.47. The Hall–Kier alpha value is -1.26. The van der Waals surface area contributed by atoms with Gasteiger partial charge in [-0.2, -0.15) is 5.10 Å². The first-order valence-corrected chi connectivity index (χ1v) is 8.19. The summed E-state index contributed by atoms with van der Waals surface area (Å²) >= 11 is 12.0. The van der Waals surface area contributed by atoms with Crippen LogP contribution >= 0.6 is 23.2 Å². The highest BCUT2D eigenvalue weighted by molar-refractivity contribution is 6.36. The third-order valence-electron chi connectivity index (χ3n) is 3.14. The molecule has 1 aromatic carbocycles. The number of benzene rings is 1. The van der Waals surface area contributed by atoms with Crippen molar-refractivity contribution < 1.29 is 9.53 Å². The SMILES string of the molecule is CCCCCCCC(=O)NN=Cc1cc(Cl)cc(Cl)c1OC. The zero-order valence-corrected chi connectivity index (χ0v) is 14.5. The van der Waals surface area contributed by atoms with E-state index in [1.54, 1.807) is 12.1 Å². The fourth-order valence-electron chi connectivity index (χ4n) is 2.01. The van der Waals surface area contributed by atoms with Crippen molar-refractivity contribution in [3.8, 4) is 5.75 Å². The fraction of sp³-hybridized carbons (Fsp3) is 0.500. The molecule has 0 radical (unpaired) electrons. The van der Waals surface area contributed by atoms with Gasteiger partial charge in [0.2, 0.25) is 5.91 Å². The van der Waals surface area contributed by atoms with Crippen LogP contribution in [0.4, 0.5) is 0 Å². The van der Waals surface area contributed by atoms with E-state index in [1.807, 2.05) is 0 Å². The van der Waals surface area contributed by atoms with Crippen LogP contribution in [0, 0.1) is 0 Å². The quantitative estimate of drug-likeness (QED) is 0.397. The summed E-state index contributed by atoms with van der Waals surface area (Å²) in [6.45, 7) is 2.16. The number of hydrogen-bond donors (Lipinski definition) is 1. The predicted molar refractivity (Wildman–Crippen MR) is 92.1 cm³/mol. The van der Waals surface area contributed by atoms with E-state index in [9.17, 15) is 4.79 Å². The smallest absolute Gasteiger partial charge is 0.240 e. The van der Waals surface area contributed by atoms with Gasteiger partial charge in [0.15, 0.2) is 0 Å². The standard InChI is InChI=1S/C16H22Cl2N2O2/c1-3-4-5-6-7-8-15(21)20-19-11-12-9-13(17)10-14(18)16(12)22-2/h9-11H,3-8H2,1-2H3,(H,20,21). The van der Waals surface area contributed by atoms with Gasteiger partial charge in [0.1, 0.15) is 5.75 Å². The number of carbonyl (C=O) groups excluding carboxylic acids is 1. The molecule has 0 saturated carbocycles. The molecule has 1 aromatic rings. The van der Waals surface area contributed by atoms with Gasteiger partial charge in [-0.05, 0) is 18.6 Å². The summed E-state index contributed by atoms with van der Waals surface area (Å²) in [5, 5.41) is 4.81. The molecular formula is C16H22Cl2N2O2. The highest BCUT2D eigenvalue weighted by Crippen LogP contribution is 2.30. The number of methoxy groups -OCH3 is 1. The van der Waals surface area contributed by atoms with Gasteiger partial charge >= 0.3 is 0 Å². The molecule has 4 nitrogen and oxygen atoms in total. The van der Waals surface area contributed by atoms with Crippen LogP contribution in [-0.2, 0) is 4.79 Å². The summed E-state index contributed by atoms with van der Waals surface area (Å²) in [7, 11) is 1.52. The van der Waals surface area contributed by atoms with Crippen molar-refractivity contribution >= 4 is 35.3 Å². The molecule has 1 amide bonds. The molecule has 22 heavy (non-hydrogen) atoms. The van der Waals surface area contributed by atoms with Crippen molar-refractivity contribution in [2.45, 2.75) is 45.4 Å². The molecule has 0 bridgehead atoms. The van der Waals surface area contributed by atoms with Crippen molar-refractivity contribution in [3.05, 3.63) is 27.7 Å². The minimum Gasteiger partial charge on any atom is -0.495 e. The van der Waals surface area contributed by atoms with Gasteiger partial charge in [0.25, 0.3) is 0 Å². The van der Waals surface area contributed by atoms with Gasteiger partial charge in [-0.25, -0.2) is 5.43 Å². The van der Waals surface area contributed by atoms with Gasteiger partial charge in [-0.1, -0.05) is 55.8 Å². The monoisotopic (exact) mass is 344 g/mol. The largest absolute Gasteiger partial charge is 0.495 e. The average Bonchev–Trinajstić information content (AvgIpc) is 2.46. The molecule has 1 N–H and O–H groups in total. The van der Waals surface area contributed by atoms with Crippen molar-refractivity contribution in [2.24, 2.45) is 5.10 Å². The Kier molecular flexibility index (Phi) is 8.94. The van der Waals surface area contributed by atoms with Crippen LogP contribution in [0.1, 0.15) is 51.0 Å². The summed E-state index contributed by atoms with van der Waals surface area (Å²) < 4.78 is 5.20. The summed E-state index contributed by atoms with van der Waals surface area (Å²) in [4.78, 5) is 11.6. The Bertz CT molecular complexity index is 519. The summed E-state index contributed by atoms with van der Waals surface area (Å²) in [6.07, 6.45) is 7.50. The Labute approximate surface area is 141 Å². The van der Waals surface area contributed by atoms with Gasteiger partial charge in [-0.15, -0.1) is 0 Å². The average molecular weight is 345 g/mol. The lowest BCUT2D eigenvalue weighted by molar-refractivity contribution is -0.121. The first-order chi connectivity index (χ1) is 10.6. The zero-order valence-electron chi connectivity index (χ0n) is 13.0. The van der Waals surface area contributed by atoms with Crippen LogP contribution in [0.5, 0.6) is 5.75 Å². The summed E-state index contributed by atoms with van der Waals surface area (Å²) in [6, 6.07) is 3.26. The number of carbonyl (C=O) groups is 1. The molecule has 0 aromatic heterocycles. The Morgan fingerprint density at radius 3 is 2.68 bits per heavy atom. The molecule has 0 aliphatic carbocycles. The maximum absolute atomic E-state index is 11.6. The third-order valence-corrected chi connectivity index (χ3v) is 3.64. The first kappa shape index (κ1) is 18.8. The number of nitrogens with zero attached hydrogens (tertiary/aromatic N) is 1. The molecular weight excluding hydrogens is 323 g/mol. The van der Waals surface area contributed by atoms with E-state index < -0.39 is 0 Å². The van der Waals surface area contributed by atoms with Crippen LogP contribution in [-0.4, -0.2) is 19.2 Å². The topological polar surface area (TPSA) is 50.7 Å². The number of rotatable bonds is 9. The molecule has 0 aliphatic heterocycles. The molecule has 122 valence electrons. The molecule has 0 fully saturated rings. The number of halogens is 2. The lowest BCUT2D eigenvalue weighted by atomic mass is 10.1. The van der Waals surface area contributed by atoms with Crippen LogP contribution in [0.2, 0.25) is 10.0 Å². The lowest BCUT2D eigenvalue weighted by Crippen LogP contribution is -2.17. The van der Waals surface area contributed by atoms with Crippen molar-refractivity contribution in [3.63, 3.8) is 0 Å². The highest BCUT2D eigenvalue weighted by atomic mass is 35.5. The Morgan fingerprint density at radius 1 is 1.27 bits per heavy atom. The van der Waals surface area contributed by atoms with Gasteiger partial charge in [0, 0.05) is 17.0 Å². The second-order valence-electron chi connectivity index (χ2n) is 4.97. The number of amides is 1.